The fraction of sp³-hybridized carbons (Fsp3) is 0.400. The summed E-state index contributed by atoms with van der Waals surface area (Å²) < 4.78 is 9.79. The summed E-state index contributed by atoms with van der Waals surface area (Å²) in [6, 6.07) is 1.29. The Labute approximate surface area is 92.6 Å². The molecule has 6 nitrogen and oxygen atoms in total. The second-order valence-corrected chi connectivity index (χ2v) is 3.03. The van der Waals surface area contributed by atoms with Crippen LogP contribution in [0.4, 0.5) is 0 Å². The summed E-state index contributed by atoms with van der Waals surface area (Å²) in [5, 5.41) is 2.53. The van der Waals surface area contributed by atoms with E-state index in [1.54, 1.807) is 0 Å². The molecule has 0 aliphatic heterocycles. The molecular weight excluding hydrogens is 212 g/mol. The minimum atomic E-state index is -0.522. The van der Waals surface area contributed by atoms with Crippen LogP contribution in [0.5, 0.6) is 0 Å². The van der Waals surface area contributed by atoms with Gasteiger partial charge in [-0.15, -0.1) is 0 Å². The smallest absolute Gasteiger partial charge is 0.256 e. The van der Waals surface area contributed by atoms with E-state index in [0.717, 1.165) is 0 Å². The van der Waals surface area contributed by atoms with E-state index in [1.165, 1.54) is 32.7 Å². The van der Waals surface area contributed by atoms with Crippen LogP contribution in [0.1, 0.15) is 10.4 Å². The summed E-state index contributed by atoms with van der Waals surface area (Å²) in [5.74, 6) is -0.457. The van der Waals surface area contributed by atoms with E-state index in [1.807, 2.05) is 0 Å². The van der Waals surface area contributed by atoms with Crippen LogP contribution in [0.3, 0.4) is 0 Å². The largest absolute Gasteiger partial charge is 0.367 e. The summed E-state index contributed by atoms with van der Waals surface area (Å²) >= 11 is 0. The highest BCUT2D eigenvalue weighted by atomic mass is 16.7. The molecule has 16 heavy (non-hydrogen) atoms. The number of pyridine rings is 1. The van der Waals surface area contributed by atoms with Crippen LogP contribution in [0, 0.1) is 0 Å². The molecule has 1 aromatic heterocycles. The van der Waals surface area contributed by atoms with Gasteiger partial charge in [-0.1, -0.05) is 0 Å². The maximum Gasteiger partial charge on any atom is 0.256 e. The number of aromatic amines is 1. The van der Waals surface area contributed by atoms with Gasteiger partial charge in [0.15, 0.2) is 11.7 Å². The summed E-state index contributed by atoms with van der Waals surface area (Å²) in [5.41, 5.74) is -0.268. The first-order chi connectivity index (χ1) is 7.69. The van der Waals surface area contributed by atoms with Crippen molar-refractivity contribution in [2.24, 2.45) is 0 Å². The van der Waals surface area contributed by atoms with E-state index in [4.69, 9.17) is 9.47 Å². The van der Waals surface area contributed by atoms with Crippen molar-refractivity contribution in [1.82, 2.24) is 10.3 Å². The molecule has 1 aromatic rings. The lowest BCUT2D eigenvalue weighted by molar-refractivity contribution is -0.0974. The van der Waals surface area contributed by atoms with Crippen molar-refractivity contribution in [3.8, 4) is 0 Å². The van der Waals surface area contributed by atoms with E-state index >= 15 is 0 Å². The van der Waals surface area contributed by atoms with Crippen molar-refractivity contribution in [3.05, 3.63) is 34.2 Å². The predicted molar refractivity (Wildman–Crippen MR) is 57.2 cm³/mol. The maximum absolute atomic E-state index is 11.6. The quantitative estimate of drug-likeness (QED) is 0.677. The van der Waals surface area contributed by atoms with Gasteiger partial charge in [-0.2, -0.15) is 0 Å². The third kappa shape index (κ3) is 3.18. The van der Waals surface area contributed by atoms with Gasteiger partial charge >= 0.3 is 0 Å². The Morgan fingerprint density at radius 3 is 2.75 bits per heavy atom. The standard InChI is InChI=1S/C10H14N2O4/c1-15-9(16-2)6-12-10(14)7-5-11-4-3-8(7)13/h3-5,9H,6H2,1-2H3,(H,11,13)(H,12,14). The summed E-state index contributed by atoms with van der Waals surface area (Å²) in [7, 11) is 2.94. The van der Waals surface area contributed by atoms with Crippen LogP contribution in [0.25, 0.3) is 0 Å². The molecular formula is C10H14N2O4. The molecule has 1 amide bonds. The molecule has 2 N–H and O–H groups in total. The molecule has 0 aliphatic carbocycles. The second kappa shape index (κ2) is 6.04. The lowest BCUT2D eigenvalue weighted by atomic mass is 10.2. The van der Waals surface area contributed by atoms with Gasteiger partial charge in [-0.25, -0.2) is 0 Å². The number of carbonyl (C=O) groups is 1. The zero-order valence-electron chi connectivity index (χ0n) is 9.15. The highest BCUT2D eigenvalue weighted by Gasteiger charge is 2.11. The minimum absolute atomic E-state index is 0.0634. The van der Waals surface area contributed by atoms with Crippen LogP contribution in [0.2, 0.25) is 0 Å². The van der Waals surface area contributed by atoms with Crippen LogP contribution in [0.15, 0.2) is 23.3 Å². The molecule has 0 fully saturated rings. The van der Waals surface area contributed by atoms with E-state index in [2.05, 4.69) is 10.3 Å². The average Bonchev–Trinajstić information content (AvgIpc) is 2.30. The monoisotopic (exact) mass is 226 g/mol. The van der Waals surface area contributed by atoms with Crippen molar-refractivity contribution >= 4 is 5.91 Å². The summed E-state index contributed by atoms with van der Waals surface area (Å²) in [6.45, 7) is 0.181. The molecule has 0 atom stereocenters. The Balaban J connectivity index is 2.60. The highest BCUT2D eigenvalue weighted by Crippen LogP contribution is 1.91. The van der Waals surface area contributed by atoms with Crippen molar-refractivity contribution in [2.45, 2.75) is 6.29 Å². The van der Waals surface area contributed by atoms with E-state index in [9.17, 15) is 9.59 Å². The van der Waals surface area contributed by atoms with Crippen molar-refractivity contribution in [3.63, 3.8) is 0 Å². The first kappa shape index (κ1) is 12.4. The topological polar surface area (TPSA) is 80.4 Å². The second-order valence-electron chi connectivity index (χ2n) is 3.03. The molecule has 0 saturated carbocycles. The Hall–Kier alpha value is -1.66. The lowest BCUT2D eigenvalue weighted by Crippen LogP contribution is -2.36. The van der Waals surface area contributed by atoms with Crippen LogP contribution >= 0.6 is 0 Å². The molecule has 88 valence electrons. The fourth-order valence-electron chi connectivity index (χ4n) is 1.13. The van der Waals surface area contributed by atoms with Gasteiger partial charge in [-0.05, 0) is 0 Å². The number of methoxy groups -OCH3 is 2. The summed E-state index contributed by atoms with van der Waals surface area (Å²) in [6.07, 6.45) is 2.30. The van der Waals surface area contributed by atoms with Gasteiger partial charge in [0.05, 0.1) is 6.54 Å². The molecule has 1 rings (SSSR count). The van der Waals surface area contributed by atoms with E-state index in [0.29, 0.717) is 0 Å². The minimum Gasteiger partial charge on any atom is -0.367 e. The number of ether oxygens (including phenoxy) is 2. The number of aromatic nitrogens is 1. The Morgan fingerprint density at radius 2 is 2.19 bits per heavy atom. The summed E-state index contributed by atoms with van der Waals surface area (Å²) in [4.78, 5) is 25.5. The maximum atomic E-state index is 11.6. The molecule has 6 heteroatoms. The third-order valence-corrected chi connectivity index (χ3v) is 2.02. The number of hydrogen-bond acceptors (Lipinski definition) is 4. The molecule has 0 radical (unpaired) electrons. The van der Waals surface area contributed by atoms with Crippen molar-refractivity contribution in [2.75, 3.05) is 20.8 Å². The predicted octanol–water partition coefficient (Wildman–Crippen LogP) is -0.276. The van der Waals surface area contributed by atoms with Crippen LogP contribution in [-0.4, -0.2) is 37.9 Å². The molecule has 0 aliphatic rings. The van der Waals surface area contributed by atoms with Crippen LogP contribution in [-0.2, 0) is 9.47 Å². The molecule has 0 aromatic carbocycles. The molecule has 0 spiro atoms. The molecule has 0 saturated heterocycles. The van der Waals surface area contributed by atoms with Crippen molar-refractivity contribution < 1.29 is 14.3 Å². The number of carbonyl (C=O) groups excluding carboxylic acids is 1. The first-order valence-corrected chi connectivity index (χ1v) is 4.70. The zero-order valence-corrected chi connectivity index (χ0v) is 9.15. The lowest BCUT2D eigenvalue weighted by Gasteiger charge is -2.13. The van der Waals surface area contributed by atoms with E-state index < -0.39 is 12.2 Å². The Bertz CT molecular complexity index is 398. The van der Waals surface area contributed by atoms with E-state index in [-0.39, 0.29) is 17.5 Å². The number of H-pyrrole nitrogens is 1. The van der Waals surface area contributed by atoms with Crippen LogP contribution < -0.4 is 10.7 Å². The third-order valence-electron chi connectivity index (χ3n) is 2.02. The molecule has 0 unspecified atom stereocenters. The zero-order chi connectivity index (χ0) is 12.0. The van der Waals surface area contributed by atoms with Gasteiger partial charge in [0.25, 0.3) is 5.91 Å². The normalized spacial score (nSPS) is 10.4. The highest BCUT2D eigenvalue weighted by molar-refractivity contribution is 5.93. The van der Waals surface area contributed by atoms with Gasteiger partial charge in [0, 0.05) is 32.7 Å². The molecule has 0 bridgehead atoms. The number of nitrogens with one attached hydrogen (secondary N) is 2. The SMILES string of the molecule is COC(CNC(=O)c1c[nH]ccc1=O)OC. The van der Waals surface area contributed by atoms with Gasteiger partial charge in [0.1, 0.15) is 5.56 Å². The molecule has 1 heterocycles. The number of rotatable bonds is 5. The van der Waals surface area contributed by atoms with Gasteiger partial charge in [-0.3, -0.25) is 9.59 Å². The van der Waals surface area contributed by atoms with Crippen molar-refractivity contribution in [1.29, 1.82) is 0 Å². The Morgan fingerprint density at radius 1 is 1.50 bits per heavy atom. The Kier molecular flexibility index (Phi) is 4.68. The average molecular weight is 226 g/mol. The number of amides is 1. The number of hydrogen-bond donors (Lipinski definition) is 2. The first-order valence-electron chi connectivity index (χ1n) is 4.70. The fourth-order valence-corrected chi connectivity index (χ4v) is 1.13. The van der Waals surface area contributed by atoms with Gasteiger partial charge in [0.2, 0.25) is 0 Å². The van der Waals surface area contributed by atoms with Gasteiger partial charge < -0.3 is 19.8 Å².